The summed E-state index contributed by atoms with van der Waals surface area (Å²) < 4.78 is 0. The Kier molecular flexibility index (Phi) is 5.40. The second-order valence-electron chi connectivity index (χ2n) is 5.94. The first-order valence-corrected chi connectivity index (χ1v) is 7.89. The monoisotopic (exact) mass is 282 g/mol. The lowest BCUT2D eigenvalue weighted by atomic mass is 9.78. The lowest BCUT2D eigenvalue weighted by Gasteiger charge is -2.38. The Bertz CT molecular complexity index is 353. The molecule has 2 atom stereocenters. The van der Waals surface area contributed by atoms with Gasteiger partial charge in [-0.2, -0.15) is 0 Å². The first-order valence-electron chi connectivity index (χ1n) is 7.89. The van der Waals surface area contributed by atoms with Crippen LogP contribution in [0.25, 0.3) is 0 Å². The number of nitrogens with one attached hydrogen (secondary N) is 1. The molecule has 2 rings (SSSR count). The molecule has 1 saturated heterocycles. The van der Waals surface area contributed by atoms with Crippen molar-refractivity contribution in [3.8, 4) is 0 Å². The van der Waals surface area contributed by atoms with Crippen LogP contribution in [-0.2, 0) is 9.59 Å². The van der Waals surface area contributed by atoms with Gasteiger partial charge < -0.3 is 15.3 Å². The Morgan fingerprint density at radius 2 is 1.70 bits per heavy atom. The lowest BCUT2D eigenvalue weighted by Crippen LogP contribution is -2.50. The van der Waals surface area contributed by atoms with Crippen LogP contribution in [0.1, 0.15) is 45.4 Å². The Morgan fingerprint density at radius 1 is 1.10 bits per heavy atom. The summed E-state index contributed by atoms with van der Waals surface area (Å²) in [7, 11) is 0. The summed E-state index contributed by atoms with van der Waals surface area (Å²) in [6, 6.07) is 0.283. The third-order valence-electron chi connectivity index (χ3n) is 4.77. The summed E-state index contributed by atoms with van der Waals surface area (Å²) in [4.78, 5) is 26.1. The molecule has 0 aromatic carbocycles. The van der Waals surface area contributed by atoms with Gasteiger partial charge in [0.1, 0.15) is 0 Å². The maximum atomic E-state index is 12.8. The summed E-state index contributed by atoms with van der Waals surface area (Å²) in [5.41, 5.74) is 0. The minimum absolute atomic E-state index is 0.0755. The zero-order valence-corrected chi connectivity index (χ0v) is 12.3. The molecule has 1 amide bonds. The van der Waals surface area contributed by atoms with Crippen molar-refractivity contribution in [3.05, 3.63) is 0 Å². The van der Waals surface area contributed by atoms with Crippen molar-refractivity contribution in [2.75, 3.05) is 19.6 Å². The second-order valence-corrected chi connectivity index (χ2v) is 5.94. The van der Waals surface area contributed by atoms with Crippen LogP contribution in [0, 0.1) is 11.8 Å². The van der Waals surface area contributed by atoms with Gasteiger partial charge in [0.2, 0.25) is 5.91 Å². The van der Waals surface area contributed by atoms with Gasteiger partial charge in [-0.05, 0) is 45.7 Å². The number of amides is 1. The normalized spacial score (nSPS) is 28.1. The van der Waals surface area contributed by atoms with Crippen LogP contribution in [-0.4, -0.2) is 47.6 Å². The number of hydrogen-bond acceptors (Lipinski definition) is 3. The molecule has 0 unspecified atom stereocenters. The highest BCUT2D eigenvalue weighted by Gasteiger charge is 2.39. The summed E-state index contributed by atoms with van der Waals surface area (Å²) in [5.74, 6) is -1.51. The van der Waals surface area contributed by atoms with E-state index in [9.17, 15) is 14.7 Å². The van der Waals surface area contributed by atoms with Gasteiger partial charge in [-0.15, -0.1) is 0 Å². The fourth-order valence-corrected chi connectivity index (χ4v) is 3.65. The molecule has 0 bridgehead atoms. The molecule has 0 spiro atoms. The van der Waals surface area contributed by atoms with E-state index in [2.05, 4.69) is 5.32 Å². The van der Waals surface area contributed by atoms with Crippen molar-refractivity contribution in [1.29, 1.82) is 0 Å². The third kappa shape index (κ3) is 3.32. The van der Waals surface area contributed by atoms with Gasteiger partial charge in [0, 0.05) is 12.6 Å². The van der Waals surface area contributed by atoms with Crippen molar-refractivity contribution >= 4 is 11.9 Å². The topological polar surface area (TPSA) is 69.6 Å². The van der Waals surface area contributed by atoms with Crippen LogP contribution in [0.15, 0.2) is 0 Å². The van der Waals surface area contributed by atoms with E-state index in [0.717, 1.165) is 45.2 Å². The van der Waals surface area contributed by atoms with Crippen LogP contribution < -0.4 is 5.32 Å². The van der Waals surface area contributed by atoms with Crippen LogP contribution >= 0.6 is 0 Å². The highest BCUT2D eigenvalue weighted by molar-refractivity contribution is 5.85. The average Bonchev–Trinajstić information content (AvgIpc) is 2.49. The molecule has 0 aromatic heterocycles. The summed E-state index contributed by atoms with van der Waals surface area (Å²) in [6.07, 6.45) is 5.24. The second kappa shape index (κ2) is 7.07. The number of carbonyl (C=O) groups is 2. The summed E-state index contributed by atoms with van der Waals surface area (Å²) >= 11 is 0. The fraction of sp³-hybridized carbons (Fsp3) is 0.867. The first kappa shape index (κ1) is 15.3. The zero-order chi connectivity index (χ0) is 14.5. The molecule has 5 heteroatoms. The molecule has 114 valence electrons. The highest BCUT2D eigenvalue weighted by atomic mass is 16.4. The van der Waals surface area contributed by atoms with E-state index >= 15 is 0 Å². The van der Waals surface area contributed by atoms with E-state index in [0.29, 0.717) is 13.0 Å². The minimum atomic E-state index is -0.801. The molecule has 1 aliphatic carbocycles. The maximum absolute atomic E-state index is 12.8. The Balaban J connectivity index is 2.07. The molecule has 1 saturated carbocycles. The van der Waals surface area contributed by atoms with Crippen molar-refractivity contribution < 1.29 is 14.7 Å². The quantitative estimate of drug-likeness (QED) is 0.819. The predicted octanol–water partition coefficient (Wildman–Crippen LogP) is 1.48. The predicted molar refractivity (Wildman–Crippen MR) is 76.4 cm³/mol. The number of nitrogens with zero attached hydrogens (tertiary/aromatic N) is 1. The number of carboxylic acids is 1. The smallest absolute Gasteiger partial charge is 0.307 e. The van der Waals surface area contributed by atoms with E-state index in [4.69, 9.17) is 0 Å². The lowest BCUT2D eigenvalue weighted by molar-refractivity contribution is -0.153. The number of hydrogen-bond donors (Lipinski definition) is 2. The van der Waals surface area contributed by atoms with Crippen LogP contribution in [0.2, 0.25) is 0 Å². The van der Waals surface area contributed by atoms with Gasteiger partial charge in [-0.25, -0.2) is 0 Å². The molecule has 2 fully saturated rings. The van der Waals surface area contributed by atoms with Crippen molar-refractivity contribution in [2.45, 2.75) is 51.5 Å². The highest BCUT2D eigenvalue weighted by Crippen LogP contribution is 2.32. The molecular formula is C15H26N2O3. The van der Waals surface area contributed by atoms with Gasteiger partial charge in [0.25, 0.3) is 0 Å². The van der Waals surface area contributed by atoms with Gasteiger partial charge in [0.15, 0.2) is 0 Å². The number of rotatable bonds is 4. The Hall–Kier alpha value is -1.10. The SMILES string of the molecule is CCN(C(=O)[C@@H]1CCCC[C@@H]1C(=O)O)C1CCNCC1. The zero-order valence-electron chi connectivity index (χ0n) is 12.3. The third-order valence-corrected chi connectivity index (χ3v) is 4.77. The molecule has 1 heterocycles. The van der Waals surface area contributed by atoms with Crippen molar-refractivity contribution in [3.63, 3.8) is 0 Å². The fourth-order valence-electron chi connectivity index (χ4n) is 3.65. The first-order chi connectivity index (χ1) is 9.65. The summed E-state index contributed by atoms with van der Waals surface area (Å²) in [5, 5.41) is 12.6. The van der Waals surface area contributed by atoms with E-state index in [1.54, 1.807) is 0 Å². The van der Waals surface area contributed by atoms with E-state index < -0.39 is 11.9 Å². The summed E-state index contributed by atoms with van der Waals surface area (Å²) in [6.45, 7) is 4.58. The van der Waals surface area contributed by atoms with Crippen LogP contribution in [0.4, 0.5) is 0 Å². The minimum Gasteiger partial charge on any atom is -0.481 e. The molecule has 0 aromatic rings. The Labute approximate surface area is 120 Å². The average molecular weight is 282 g/mol. The molecule has 5 nitrogen and oxygen atoms in total. The number of carboxylic acid groups (broad SMARTS) is 1. The van der Waals surface area contributed by atoms with Gasteiger partial charge >= 0.3 is 5.97 Å². The molecule has 20 heavy (non-hydrogen) atoms. The van der Waals surface area contributed by atoms with Crippen LogP contribution in [0.3, 0.4) is 0 Å². The molecular weight excluding hydrogens is 256 g/mol. The largest absolute Gasteiger partial charge is 0.481 e. The van der Waals surface area contributed by atoms with E-state index in [-0.39, 0.29) is 17.9 Å². The molecule has 2 aliphatic rings. The van der Waals surface area contributed by atoms with Gasteiger partial charge in [-0.1, -0.05) is 12.8 Å². The van der Waals surface area contributed by atoms with E-state index in [1.807, 2.05) is 11.8 Å². The molecule has 1 aliphatic heterocycles. The van der Waals surface area contributed by atoms with E-state index in [1.165, 1.54) is 0 Å². The number of aliphatic carboxylic acids is 1. The molecule has 2 N–H and O–H groups in total. The van der Waals surface area contributed by atoms with Gasteiger partial charge in [-0.3, -0.25) is 9.59 Å². The van der Waals surface area contributed by atoms with Crippen molar-refractivity contribution in [2.24, 2.45) is 11.8 Å². The number of carbonyl (C=O) groups excluding carboxylic acids is 1. The van der Waals surface area contributed by atoms with Crippen LogP contribution in [0.5, 0.6) is 0 Å². The Morgan fingerprint density at radius 3 is 2.25 bits per heavy atom. The maximum Gasteiger partial charge on any atom is 0.307 e. The number of piperidine rings is 1. The van der Waals surface area contributed by atoms with Gasteiger partial charge in [0.05, 0.1) is 11.8 Å². The standard InChI is InChI=1S/C15H26N2O3/c1-2-17(11-7-9-16-10-8-11)14(18)12-5-3-4-6-13(12)15(19)20/h11-13,16H,2-10H2,1H3,(H,19,20)/t12-,13+/m1/s1. The van der Waals surface area contributed by atoms with Crippen molar-refractivity contribution in [1.82, 2.24) is 10.2 Å². The molecule has 0 radical (unpaired) electrons.